The number of ether oxygens (including phenoxy) is 2. The Morgan fingerprint density at radius 2 is 1.82 bits per heavy atom. The molecule has 12 nitrogen and oxygen atoms in total. The number of carbonyl (C=O) groups is 2. The predicted molar refractivity (Wildman–Crippen MR) is 147 cm³/mol. The molecule has 0 spiro atoms. The molecule has 39 heavy (non-hydrogen) atoms. The number of rotatable bonds is 6. The summed E-state index contributed by atoms with van der Waals surface area (Å²) in [6.45, 7) is 4.48. The monoisotopic (exact) mass is 536 g/mol. The van der Waals surface area contributed by atoms with Crippen molar-refractivity contribution < 1.29 is 19.1 Å². The number of anilines is 4. The smallest absolute Gasteiger partial charge is 0.343 e. The minimum absolute atomic E-state index is 0.0292. The maximum atomic E-state index is 13.1. The molecular formula is C27H36N8O4. The summed E-state index contributed by atoms with van der Waals surface area (Å²) in [5, 5.41) is 10.2. The number of benzene rings is 1. The number of piperidine rings is 1. The van der Waals surface area contributed by atoms with Gasteiger partial charge < -0.3 is 25.0 Å². The molecule has 0 unspecified atom stereocenters. The first-order valence-corrected chi connectivity index (χ1v) is 13.8. The van der Waals surface area contributed by atoms with Crippen molar-refractivity contribution in [3.8, 4) is 11.5 Å². The summed E-state index contributed by atoms with van der Waals surface area (Å²) >= 11 is 0. The van der Waals surface area contributed by atoms with Crippen LogP contribution >= 0.6 is 0 Å². The third kappa shape index (κ3) is 4.66. The molecule has 0 atom stereocenters. The minimum Gasteiger partial charge on any atom is -0.453 e. The number of nitrogens with zero attached hydrogens (tertiary/aromatic N) is 6. The molecule has 2 N–H and O–H groups in total. The van der Waals surface area contributed by atoms with E-state index in [2.05, 4.69) is 32.6 Å². The van der Waals surface area contributed by atoms with E-state index in [1.807, 2.05) is 6.92 Å². The average Bonchev–Trinajstić information content (AvgIpc) is 3.65. The zero-order valence-corrected chi connectivity index (χ0v) is 22.8. The first-order chi connectivity index (χ1) is 18.9. The van der Waals surface area contributed by atoms with Crippen molar-refractivity contribution in [2.45, 2.75) is 57.5 Å². The first-order valence-electron chi connectivity index (χ1n) is 13.8. The number of likely N-dealkylation sites (tertiary alicyclic amines) is 1. The Hall–Kier alpha value is -3.80. The Balaban J connectivity index is 1.27. The molecule has 6 rings (SSSR count). The lowest BCUT2D eigenvalue weighted by Crippen LogP contribution is -2.59. The second-order valence-corrected chi connectivity index (χ2v) is 10.6. The van der Waals surface area contributed by atoms with E-state index >= 15 is 0 Å². The number of nitrogens with one attached hydrogen (secondary N) is 2. The summed E-state index contributed by atoms with van der Waals surface area (Å²) in [6, 6.07) is 3.81. The van der Waals surface area contributed by atoms with Gasteiger partial charge in [-0.05, 0) is 64.9 Å². The van der Waals surface area contributed by atoms with Gasteiger partial charge in [-0.2, -0.15) is 4.98 Å². The van der Waals surface area contributed by atoms with Gasteiger partial charge in [0.25, 0.3) is 5.91 Å². The van der Waals surface area contributed by atoms with E-state index in [1.54, 1.807) is 35.3 Å². The van der Waals surface area contributed by atoms with Gasteiger partial charge in [0.05, 0.1) is 23.5 Å². The molecule has 1 saturated heterocycles. The number of urea groups is 1. The van der Waals surface area contributed by atoms with Crippen LogP contribution in [0.2, 0.25) is 0 Å². The summed E-state index contributed by atoms with van der Waals surface area (Å²) < 4.78 is 11.5. The zero-order chi connectivity index (χ0) is 27.1. The predicted octanol–water partition coefficient (Wildman–Crippen LogP) is 3.33. The van der Waals surface area contributed by atoms with Gasteiger partial charge in [-0.1, -0.05) is 12.8 Å². The number of hydrogen-bond acceptors (Lipinski definition) is 9. The van der Waals surface area contributed by atoms with Gasteiger partial charge >= 0.3 is 6.03 Å². The largest absolute Gasteiger partial charge is 0.453 e. The topological polar surface area (TPSA) is 115 Å². The molecule has 1 aromatic heterocycles. The molecule has 4 heterocycles. The Morgan fingerprint density at radius 3 is 2.56 bits per heavy atom. The zero-order valence-electron chi connectivity index (χ0n) is 22.8. The second-order valence-electron chi connectivity index (χ2n) is 10.6. The van der Waals surface area contributed by atoms with Crippen LogP contribution in [0.3, 0.4) is 0 Å². The van der Waals surface area contributed by atoms with Crippen LogP contribution in [0.4, 0.5) is 27.9 Å². The van der Waals surface area contributed by atoms with E-state index < -0.39 is 0 Å². The van der Waals surface area contributed by atoms with Crippen LogP contribution < -0.4 is 30.0 Å². The number of aromatic nitrogens is 2. The molecule has 4 aliphatic rings. The van der Waals surface area contributed by atoms with E-state index in [0.717, 1.165) is 51.6 Å². The summed E-state index contributed by atoms with van der Waals surface area (Å²) in [5.74, 6) is 1.78. The fourth-order valence-corrected chi connectivity index (χ4v) is 5.93. The highest BCUT2D eigenvalue weighted by molar-refractivity contribution is 6.00. The van der Waals surface area contributed by atoms with Crippen LogP contribution in [0, 0.1) is 0 Å². The lowest BCUT2D eigenvalue weighted by Gasteiger charge is -2.45. The lowest BCUT2D eigenvalue weighted by atomic mass is 10.0. The van der Waals surface area contributed by atoms with Crippen LogP contribution in [0.25, 0.3) is 0 Å². The Labute approximate surface area is 228 Å². The summed E-state index contributed by atoms with van der Waals surface area (Å²) in [5.41, 5.74) is 1.73. The van der Waals surface area contributed by atoms with Gasteiger partial charge in [0, 0.05) is 19.6 Å². The molecule has 3 aliphatic heterocycles. The molecule has 208 valence electrons. The van der Waals surface area contributed by atoms with Gasteiger partial charge in [0.15, 0.2) is 17.3 Å². The normalized spacial score (nSPS) is 20.0. The van der Waals surface area contributed by atoms with E-state index in [4.69, 9.17) is 14.5 Å². The number of hydrazine groups is 1. The number of carbonyl (C=O) groups excluding carboxylic acids is 2. The van der Waals surface area contributed by atoms with E-state index in [-0.39, 0.29) is 30.8 Å². The highest BCUT2D eigenvalue weighted by atomic mass is 16.7. The van der Waals surface area contributed by atoms with Crippen molar-refractivity contribution in [3.05, 3.63) is 23.9 Å². The van der Waals surface area contributed by atoms with Crippen LogP contribution in [-0.4, -0.2) is 84.4 Å². The summed E-state index contributed by atoms with van der Waals surface area (Å²) in [4.78, 5) is 39.5. The number of amides is 3. The van der Waals surface area contributed by atoms with Crippen LogP contribution in [-0.2, 0) is 0 Å². The maximum Gasteiger partial charge on any atom is 0.343 e. The second kappa shape index (κ2) is 10.4. The van der Waals surface area contributed by atoms with Crippen molar-refractivity contribution in [1.29, 1.82) is 0 Å². The van der Waals surface area contributed by atoms with Gasteiger partial charge in [-0.15, -0.1) is 0 Å². The molecule has 2 aromatic rings. The molecule has 12 heteroatoms. The highest BCUT2D eigenvalue weighted by Crippen LogP contribution is 2.44. The van der Waals surface area contributed by atoms with Crippen LogP contribution in [0.5, 0.6) is 11.5 Å². The van der Waals surface area contributed by atoms with Crippen molar-refractivity contribution in [1.82, 2.24) is 25.2 Å². The quantitative estimate of drug-likeness (QED) is 0.574. The average molecular weight is 537 g/mol. The molecule has 3 amide bonds. The first kappa shape index (κ1) is 25.5. The van der Waals surface area contributed by atoms with E-state index in [0.29, 0.717) is 46.7 Å². The number of hydrogen-bond donors (Lipinski definition) is 2. The third-order valence-corrected chi connectivity index (χ3v) is 8.13. The van der Waals surface area contributed by atoms with Crippen LogP contribution in [0.1, 0.15) is 55.8 Å². The standard InChI is InChI=1S/C27H36N8O4/c1-4-34-27(37)33(3)21-15-28-26(31-24(21)35(34)18-7-5-6-8-18)30-20-10-9-19(22-23(20)39-16-38-22)25(36)29-17-11-13-32(2)14-12-17/h9-10,15,17-18H,4-8,11-14,16H2,1-3H3,(H,29,36)(H,28,30,31). The molecular weight excluding hydrogens is 500 g/mol. The Bertz CT molecular complexity index is 1260. The Kier molecular flexibility index (Phi) is 6.79. The molecule has 0 bridgehead atoms. The van der Waals surface area contributed by atoms with Crippen molar-refractivity contribution >= 4 is 35.1 Å². The third-order valence-electron chi connectivity index (χ3n) is 8.13. The highest BCUT2D eigenvalue weighted by Gasteiger charge is 2.39. The molecule has 2 fully saturated rings. The van der Waals surface area contributed by atoms with Crippen molar-refractivity contribution in [2.24, 2.45) is 0 Å². The van der Waals surface area contributed by atoms with Crippen molar-refractivity contribution in [2.75, 3.05) is 55.7 Å². The fourth-order valence-electron chi connectivity index (χ4n) is 5.93. The number of fused-ring (bicyclic) bond motifs is 2. The summed E-state index contributed by atoms with van der Waals surface area (Å²) in [7, 11) is 3.84. The molecule has 1 aromatic carbocycles. The fraction of sp³-hybridized carbons (Fsp3) is 0.556. The Morgan fingerprint density at radius 1 is 1.08 bits per heavy atom. The molecule has 1 saturated carbocycles. The van der Waals surface area contributed by atoms with E-state index in [1.165, 1.54) is 0 Å². The lowest BCUT2D eigenvalue weighted by molar-refractivity contribution is 0.0912. The minimum atomic E-state index is -0.164. The SMILES string of the molecule is CCN1C(=O)N(C)c2cnc(Nc3ccc(C(=O)NC4CCN(C)CC4)c4c3OCO4)nc2N1C1CCCC1. The van der Waals surface area contributed by atoms with Gasteiger partial charge in [-0.25, -0.2) is 14.8 Å². The van der Waals surface area contributed by atoms with E-state index in [9.17, 15) is 9.59 Å². The van der Waals surface area contributed by atoms with Gasteiger partial charge in [0.2, 0.25) is 12.7 Å². The molecule has 0 radical (unpaired) electrons. The van der Waals surface area contributed by atoms with Crippen molar-refractivity contribution in [3.63, 3.8) is 0 Å². The summed E-state index contributed by atoms with van der Waals surface area (Å²) in [6.07, 6.45) is 7.82. The molecule has 1 aliphatic carbocycles. The van der Waals surface area contributed by atoms with Crippen LogP contribution in [0.15, 0.2) is 18.3 Å². The maximum absolute atomic E-state index is 13.1. The van der Waals surface area contributed by atoms with Gasteiger partial charge in [0.1, 0.15) is 5.69 Å². The van der Waals surface area contributed by atoms with Gasteiger partial charge in [-0.3, -0.25) is 14.7 Å².